The molecule has 0 bridgehead atoms. The van der Waals surface area contributed by atoms with Crippen molar-refractivity contribution in [1.29, 1.82) is 0 Å². The van der Waals surface area contributed by atoms with Crippen LogP contribution in [0.25, 0.3) is 10.8 Å². The lowest BCUT2D eigenvalue weighted by Gasteiger charge is -2.20. The van der Waals surface area contributed by atoms with E-state index in [0.29, 0.717) is 48.6 Å². The van der Waals surface area contributed by atoms with Gasteiger partial charge >= 0.3 is 0 Å². The van der Waals surface area contributed by atoms with Crippen molar-refractivity contribution in [3.05, 3.63) is 64.6 Å². The number of hydrogen-bond donors (Lipinski definition) is 1. The van der Waals surface area contributed by atoms with Gasteiger partial charge in [0.1, 0.15) is 13.2 Å². The first-order chi connectivity index (χ1) is 13.7. The summed E-state index contributed by atoms with van der Waals surface area (Å²) in [6, 6.07) is 12.2. The first kappa shape index (κ1) is 18.0. The van der Waals surface area contributed by atoms with Crippen molar-refractivity contribution in [2.24, 2.45) is 0 Å². The molecule has 7 heteroatoms. The highest BCUT2D eigenvalue weighted by Crippen LogP contribution is 2.30. The van der Waals surface area contributed by atoms with Crippen LogP contribution in [-0.2, 0) is 6.54 Å². The van der Waals surface area contributed by atoms with Crippen LogP contribution < -0.4 is 20.3 Å². The van der Waals surface area contributed by atoms with Crippen molar-refractivity contribution in [3.8, 4) is 11.5 Å². The van der Waals surface area contributed by atoms with Gasteiger partial charge in [-0.15, -0.1) is 0 Å². The number of nitrogens with one attached hydrogen (secondary N) is 1. The van der Waals surface area contributed by atoms with Crippen LogP contribution in [0.5, 0.6) is 11.5 Å². The number of hydrogen-bond acceptors (Lipinski definition) is 5. The van der Waals surface area contributed by atoms with Crippen molar-refractivity contribution >= 4 is 16.7 Å². The summed E-state index contributed by atoms with van der Waals surface area (Å²) in [6.07, 6.45) is 2.34. The number of ether oxygens (including phenoxy) is 2. The lowest BCUT2D eigenvalue weighted by Crippen LogP contribution is -2.40. The van der Waals surface area contributed by atoms with Crippen LogP contribution in [-0.4, -0.2) is 34.9 Å². The fourth-order valence-corrected chi connectivity index (χ4v) is 3.20. The molecule has 2 aromatic carbocycles. The van der Waals surface area contributed by atoms with Crippen molar-refractivity contribution in [2.45, 2.75) is 25.9 Å². The SMILES string of the molecule is CC[C@@H](Cn1ncc2ccccc2c1=O)NC(=O)c1ccc2c(c1)OCCO2. The van der Waals surface area contributed by atoms with Gasteiger partial charge in [0.05, 0.1) is 18.1 Å². The summed E-state index contributed by atoms with van der Waals surface area (Å²) in [7, 11) is 0. The number of nitrogens with zero attached hydrogens (tertiary/aromatic N) is 2. The van der Waals surface area contributed by atoms with Crippen molar-refractivity contribution in [1.82, 2.24) is 15.1 Å². The Bertz CT molecular complexity index is 1080. The predicted octanol–water partition coefficient (Wildman–Crippen LogP) is 2.38. The number of benzene rings is 2. The monoisotopic (exact) mass is 379 g/mol. The van der Waals surface area contributed by atoms with Crippen molar-refractivity contribution in [2.75, 3.05) is 13.2 Å². The summed E-state index contributed by atoms with van der Waals surface area (Å²) in [4.78, 5) is 25.3. The van der Waals surface area contributed by atoms with Crippen LogP contribution in [0.1, 0.15) is 23.7 Å². The van der Waals surface area contributed by atoms with Gasteiger partial charge in [-0.25, -0.2) is 4.68 Å². The third kappa shape index (κ3) is 3.55. The zero-order valence-corrected chi connectivity index (χ0v) is 15.6. The van der Waals surface area contributed by atoms with Crippen LogP contribution in [0.4, 0.5) is 0 Å². The Morgan fingerprint density at radius 2 is 1.96 bits per heavy atom. The lowest BCUT2D eigenvalue weighted by atomic mass is 10.1. The average molecular weight is 379 g/mol. The highest BCUT2D eigenvalue weighted by molar-refractivity contribution is 5.95. The molecular weight excluding hydrogens is 358 g/mol. The second kappa shape index (κ2) is 7.72. The molecular formula is C21H21N3O4. The van der Waals surface area contributed by atoms with E-state index in [9.17, 15) is 9.59 Å². The number of rotatable bonds is 5. The normalized spacial score (nSPS) is 13.9. The molecule has 0 radical (unpaired) electrons. The van der Waals surface area contributed by atoms with Gasteiger partial charge < -0.3 is 14.8 Å². The molecule has 0 fully saturated rings. The highest BCUT2D eigenvalue weighted by atomic mass is 16.6. The van der Waals surface area contributed by atoms with Crippen molar-refractivity contribution < 1.29 is 14.3 Å². The minimum Gasteiger partial charge on any atom is -0.486 e. The fraction of sp³-hybridized carbons (Fsp3) is 0.286. The number of carbonyl (C=O) groups is 1. The Labute approximate surface area is 161 Å². The topological polar surface area (TPSA) is 82.5 Å². The molecule has 7 nitrogen and oxygen atoms in total. The van der Waals surface area contributed by atoms with Crippen LogP contribution in [0.3, 0.4) is 0 Å². The van der Waals surface area contributed by atoms with E-state index in [1.807, 2.05) is 25.1 Å². The predicted molar refractivity (Wildman–Crippen MR) is 105 cm³/mol. The molecule has 2 heterocycles. The van der Waals surface area contributed by atoms with E-state index in [1.165, 1.54) is 4.68 Å². The molecule has 1 aliphatic rings. The third-order valence-corrected chi connectivity index (χ3v) is 4.79. The molecule has 0 saturated carbocycles. The largest absolute Gasteiger partial charge is 0.486 e. The zero-order chi connectivity index (χ0) is 19.5. The Hall–Kier alpha value is -3.35. The lowest BCUT2D eigenvalue weighted by molar-refractivity contribution is 0.0929. The Balaban J connectivity index is 1.51. The molecule has 1 amide bonds. The molecule has 1 atom stereocenters. The maximum Gasteiger partial charge on any atom is 0.274 e. The van der Waals surface area contributed by atoms with Gasteiger partial charge in [0.15, 0.2) is 11.5 Å². The van der Waals surface area contributed by atoms with Gasteiger partial charge in [-0.05, 0) is 30.7 Å². The summed E-state index contributed by atoms with van der Waals surface area (Å²) >= 11 is 0. The highest BCUT2D eigenvalue weighted by Gasteiger charge is 2.18. The van der Waals surface area contributed by atoms with E-state index in [4.69, 9.17) is 9.47 Å². The molecule has 0 unspecified atom stereocenters. The zero-order valence-electron chi connectivity index (χ0n) is 15.6. The number of fused-ring (bicyclic) bond motifs is 2. The Morgan fingerprint density at radius 1 is 1.18 bits per heavy atom. The quantitative estimate of drug-likeness (QED) is 0.736. The van der Waals surface area contributed by atoms with E-state index in [2.05, 4.69) is 10.4 Å². The molecule has 28 heavy (non-hydrogen) atoms. The molecule has 1 aliphatic heterocycles. The van der Waals surface area contributed by atoms with Crippen molar-refractivity contribution in [3.63, 3.8) is 0 Å². The van der Waals surface area contributed by atoms with E-state index in [-0.39, 0.29) is 17.5 Å². The number of amides is 1. The fourth-order valence-electron chi connectivity index (χ4n) is 3.20. The van der Waals surface area contributed by atoms with Gasteiger partial charge in [0, 0.05) is 17.0 Å². The Morgan fingerprint density at radius 3 is 2.79 bits per heavy atom. The Kier molecular flexibility index (Phi) is 4.97. The van der Waals surface area contributed by atoms with Gasteiger partial charge in [-0.3, -0.25) is 9.59 Å². The first-order valence-electron chi connectivity index (χ1n) is 9.31. The number of carbonyl (C=O) groups excluding carboxylic acids is 1. The molecule has 0 spiro atoms. The van der Waals surface area contributed by atoms with Gasteiger partial charge in [-0.2, -0.15) is 5.10 Å². The average Bonchev–Trinajstić information content (AvgIpc) is 2.74. The molecule has 1 aromatic heterocycles. The van der Waals surface area contributed by atoms with Gasteiger partial charge in [0.2, 0.25) is 0 Å². The van der Waals surface area contributed by atoms with E-state index in [0.717, 1.165) is 5.39 Å². The number of aromatic nitrogens is 2. The summed E-state index contributed by atoms with van der Waals surface area (Å²) in [6.45, 7) is 3.23. The molecule has 3 aromatic rings. The molecule has 1 N–H and O–H groups in total. The van der Waals surface area contributed by atoms with Gasteiger partial charge in [0.25, 0.3) is 11.5 Å². The maximum absolute atomic E-state index is 12.7. The summed E-state index contributed by atoms with van der Waals surface area (Å²) < 4.78 is 12.4. The minimum absolute atomic E-state index is 0.162. The summed E-state index contributed by atoms with van der Waals surface area (Å²) in [5, 5.41) is 8.65. The summed E-state index contributed by atoms with van der Waals surface area (Å²) in [5.74, 6) is 0.985. The second-order valence-electron chi connectivity index (χ2n) is 6.66. The third-order valence-electron chi connectivity index (χ3n) is 4.79. The van der Waals surface area contributed by atoms with Crippen LogP contribution in [0.15, 0.2) is 53.5 Å². The summed E-state index contributed by atoms with van der Waals surface area (Å²) in [5.41, 5.74) is 0.326. The van der Waals surface area contributed by atoms with Gasteiger partial charge in [-0.1, -0.05) is 25.1 Å². The second-order valence-corrected chi connectivity index (χ2v) is 6.66. The van der Waals surface area contributed by atoms with Crippen LogP contribution in [0.2, 0.25) is 0 Å². The molecule has 144 valence electrons. The molecule has 0 aliphatic carbocycles. The smallest absolute Gasteiger partial charge is 0.274 e. The van der Waals surface area contributed by atoms with E-state index in [1.54, 1.807) is 30.5 Å². The first-order valence-corrected chi connectivity index (χ1v) is 9.31. The molecule has 0 saturated heterocycles. The van der Waals surface area contributed by atoms with E-state index >= 15 is 0 Å². The maximum atomic E-state index is 12.7. The van der Waals surface area contributed by atoms with Crippen LogP contribution in [0, 0.1) is 0 Å². The van der Waals surface area contributed by atoms with E-state index < -0.39 is 0 Å². The molecule has 4 rings (SSSR count). The van der Waals surface area contributed by atoms with Crippen LogP contribution >= 0.6 is 0 Å². The standard InChI is InChI=1S/C21H21N3O4/c1-2-16(13-24-21(26)17-6-4-3-5-15(17)12-22-24)23-20(25)14-7-8-18-19(11-14)28-10-9-27-18/h3-8,11-12,16H,2,9-10,13H2,1H3,(H,23,25)/t16-/m0/s1. The minimum atomic E-state index is -0.230.